The Kier molecular flexibility index (Phi) is 4.03. The van der Waals surface area contributed by atoms with Crippen LogP contribution in [0.5, 0.6) is 0 Å². The van der Waals surface area contributed by atoms with Crippen molar-refractivity contribution in [3.8, 4) is 0 Å². The van der Waals surface area contributed by atoms with Gasteiger partial charge in [0.25, 0.3) is 0 Å². The molecule has 3 heterocycles. The van der Waals surface area contributed by atoms with Gasteiger partial charge in [-0.15, -0.1) is 0 Å². The topological polar surface area (TPSA) is 88.4 Å². The molecule has 9 heteroatoms. The average Bonchev–Trinajstić information content (AvgIpc) is 2.89. The van der Waals surface area contributed by atoms with Crippen LogP contribution < -0.4 is 21.2 Å². The van der Waals surface area contributed by atoms with Crippen LogP contribution in [-0.4, -0.2) is 53.5 Å². The Morgan fingerprint density at radius 1 is 1.15 bits per heavy atom. The molecule has 2 aromatic rings. The number of nitrogens with zero attached hydrogens (tertiary/aromatic N) is 3. The first-order valence-electron chi connectivity index (χ1n) is 8.63. The highest BCUT2D eigenvalue weighted by Gasteiger charge is 2.33. The Balaban J connectivity index is 1.93. The minimum atomic E-state index is -0.909. The van der Waals surface area contributed by atoms with Gasteiger partial charge in [0.05, 0.1) is 23.3 Å². The van der Waals surface area contributed by atoms with Crippen molar-refractivity contribution in [2.24, 2.45) is 7.05 Å². The predicted octanol–water partition coefficient (Wildman–Crippen LogP) is -0.481. The van der Waals surface area contributed by atoms with E-state index in [0.717, 1.165) is 13.1 Å². The van der Waals surface area contributed by atoms with E-state index in [1.54, 1.807) is 7.05 Å². The van der Waals surface area contributed by atoms with E-state index < -0.39 is 17.5 Å². The number of halogens is 1. The number of amides is 1. The minimum absolute atomic E-state index is 0.0183. The number of anilines is 1. The number of imidazole rings is 1. The molecule has 1 aromatic heterocycles. The second kappa shape index (κ2) is 6.24. The van der Waals surface area contributed by atoms with Gasteiger partial charge in [0.2, 0.25) is 5.91 Å². The van der Waals surface area contributed by atoms with Crippen LogP contribution in [0.1, 0.15) is 12.5 Å². The third-order valence-electron chi connectivity index (χ3n) is 5.10. The first-order valence-corrected chi connectivity index (χ1v) is 8.63. The summed E-state index contributed by atoms with van der Waals surface area (Å²) in [6.07, 6.45) is -0.0365. The molecule has 0 radical (unpaired) electrons. The first-order chi connectivity index (χ1) is 12.5. The number of Topliss-reactive ketones (excluding diaryl/α,β-unsaturated/α-hetero) is 1. The number of fused-ring (bicyclic) bond motifs is 1. The number of benzene rings is 1. The highest BCUT2D eigenvalue weighted by atomic mass is 19.1. The zero-order valence-electron chi connectivity index (χ0n) is 14.4. The van der Waals surface area contributed by atoms with Crippen molar-refractivity contribution in [2.75, 3.05) is 37.6 Å². The van der Waals surface area contributed by atoms with Gasteiger partial charge < -0.3 is 15.5 Å². The number of piperazine rings is 1. The Morgan fingerprint density at radius 2 is 1.88 bits per heavy atom. The van der Waals surface area contributed by atoms with Gasteiger partial charge in [-0.3, -0.25) is 18.7 Å². The van der Waals surface area contributed by atoms with E-state index in [1.165, 1.54) is 21.3 Å². The number of carbonyl (C=O) groups is 2. The normalized spacial score (nSPS) is 21.3. The molecule has 26 heavy (non-hydrogen) atoms. The van der Waals surface area contributed by atoms with Gasteiger partial charge in [0.15, 0.2) is 5.78 Å². The first kappa shape index (κ1) is 16.8. The number of hydrogen-bond donors (Lipinski definition) is 2. The molecule has 2 saturated heterocycles. The zero-order chi connectivity index (χ0) is 18.4. The van der Waals surface area contributed by atoms with Gasteiger partial charge in [-0.1, -0.05) is 0 Å². The Bertz CT molecular complexity index is 957. The maximum absolute atomic E-state index is 14.7. The number of carbonyl (C=O) groups excluding carboxylic acids is 2. The fourth-order valence-corrected chi connectivity index (χ4v) is 3.81. The number of aromatic nitrogens is 2. The molecule has 138 valence electrons. The summed E-state index contributed by atoms with van der Waals surface area (Å²) in [5.41, 5.74) is 0.840. The Morgan fingerprint density at radius 3 is 2.62 bits per heavy atom. The summed E-state index contributed by atoms with van der Waals surface area (Å²) in [6, 6.07) is 1.91. The number of ketones is 1. The SMILES string of the molecule is Cn1c(=O)n(C2CC(=O)CNC2=O)c2ccc(F)c(N3CCNCC3)c21. The van der Waals surface area contributed by atoms with Gasteiger partial charge in [-0.2, -0.15) is 0 Å². The molecule has 1 unspecified atom stereocenters. The molecule has 2 aliphatic heterocycles. The quantitative estimate of drug-likeness (QED) is 0.754. The molecule has 1 atom stereocenters. The molecule has 1 amide bonds. The summed E-state index contributed by atoms with van der Waals surface area (Å²) in [4.78, 5) is 38.9. The molecule has 0 spiro atoms. The van der Waals surface area contributed by atoms with Crippen LogP contribution in [0.25, 0.3) is 11.0 Å². The molecule has 0 bridgehead atoms. The largest absolute Gasteiger partial charge is 0.365 e. The lowest BCUT2D eigenvalue weighted by Crippen LogP contribution is -2.45. The maximum Gasteiger partial charge on any atom is 0.329 e. The number of rotatable bonds is 2. The highest BCUT2D eigenvalue weighted by Crippen LogP contribution is 2.31. The minimum Gasteiger partial charge on any atom is -0.365 e. The molecule has 2 aliphatic rings. The van der Waals surface area contributed by atoms with Gasteiger partial charge in [0.1, 0.15) is 11.9 Å². The standard InChI is InChI=1S/C17H20FN5O3/c1-21-15-12(3-2-11(18)14(15)22-6-4-19-5-7-22)23(17(21)26)13-8-10(24)9-20-16(13)25/h2-3,13,19H,4-9H2,1H3,(H,20,25). The van der Waals surface area contributed by atoms with Crippen LogP contribution in [0.3, 0.4) is 0 Å². The van der Waals surface area contributed by atoms with Crippen molar-refractivity contribution in [2.45, 2.75) is 12.5 Å². The lowest BCUT2D eigenvalue weighted by molar-refractivity contribution is -0.133. The smallest absolute Gasteiger partial charge is 0.329 e. The van der Waals surface area contributed by atoms with Crippen LogP contribution in [-0.2, 0) is 16.6 Å². The van der Waals surface area contributed by atoms with Crippen molar-refractivity contribution in [3.05, 3.63) is 28.4 Å². The van der Waals surface area contributed by atoms with E-state index in [-0.39, 0.29) is 24.7 Å². The molecule has 0 saturated carbocycles. The van der Waals surface area contributed by atoms with Crippen LogP contribution in [0, 0.1) is 5.82 Å². The molecule has 2 N–H and O–H groups in total. The van der Waals surface area contributed by atoms with Crippen molar-refractivity contribution in [1.82, 2.24) is 19.8 Å². The van der Waals surface area contributed by atoms with E-state index in [9.17, 15) is 18.8 Å². The molecule has 2 fully saturated rings. The van der Waals surface area contributed by atoms with Crippen LogP contribution in [0.15, 0.2) is 16.9 Å². The van der Waals surface area contributed by atoms with E-state index in [0.29, 0.717) is 29.8 Å². The van der Waals surface area contributed by atoms with Crippen molar-refractivity contribution in [1.29, 1.82) is 0 Å². The molecule has 0 aliphatic carbocycles. The summed E-state index contributed by atoms with van der Waals surface area (Å²) < 4.78 is 17.4. The van der Waals surface area contributed by atoms with E-state index in [2.05, 4.69) is 10.6 Å². The second-order valence-corrected chi connectivity index (χ2v) is 6.69. The number of aryl methyl sites for hydroxylation is 1. The highest BCUT2D eigenvalue weighted by molar-refractivity contribution is 5.97. The summed E-state index contributed by atoms with van der Waals surface area (Å²) >= 11 is 0. The van der Waals surface area contributed by atoms with Crippen molar-refractivity contribution in [3.63, 3.8) is 0 Å². The predicted molar refractivity (Wildman–Crippen MR) is 93.9 cm³/mol. The van der Waals surface area contributed by atoms with Crippen LogP contribution in [0.4, 0.5) is 10.1 Å². The third kappa shape index (κ3) is 2.50. The van der Waals surface area contributed by atoms with Gasteiger partial charge in [-0.25, -0.2) is 9.18 Å². The van der Waals surface area contributed by atoms with E-state index >= 15 is 0 Å². The third-order valence-corrected chi connectivity index (χ3v) is 5.10. The number of hydrogen-bond acceptors (Lipinski definition) is 5. The van der Waals surface area contributed by atoms with Gasteiger partial charge >= 0.3 is 5.69 Å². The lowest BCUT2D eigenvalue weighted by atomic mass is 10.1. The van der Waals surface area contributed by atoms with E-state index in [1.807, 2.05) is 4.90 Å². The molecule has 1 aromatic carbocycles. The fraction of sp³-hybridized carbons (Fsp3) is 0.471. The Hall–Kier alpha value is -2.68. The number of piperidine rings is 1. The molecule has 8 nitrogen and oxygen atoms in total. The average molecular weight is 361 g/mol. The summed E-state index contributed by atoms with van der Waals surface area (Å²) in [6.45, 7) is 2.68. The summed E-state index contributed by atoms with van der Waals surface area (Å²) in [7, 11) is 1.56. The zero-order valence-corrected chi connectivity index (χ0v) is 14.4. The summed E-state index contributed by atoms with van der Waals surface area (Å²) in [5.74, 6) is -0.911. The van der Waals surface area contributed by atoms with E-state index in [4.69, 9.17) is 0 Å². The Labute approximate surface area is 148 Å². The molecular weight excluding hydrogens is 341 g/mol. The fourth-order valence-electron chi connectivity index (χ4n) is 3.81. The van der Waals surface area contributed by atoms with Crippen molar-refractivity contribution < 1.29 is 14.0 Å². The van der Waals surface area contributed by atoms with Gasteiger partial charge in [0, 0.05) is 39.6 Å². The van der Waals surface area contributed by atoms with Crippen LogP contribution >= 0.6 is 0 Å². The lowest BCUT2D eigenvalue weighted by Gasteiger charge is -2.30. The molecule has 4 rings (SSSR count). The maximum atomic E-state index is 14.7. The van der Waals surface area contributed by atoms with Gasteiger partial charge in [-0.05, 0) is 12.1 Å². The molecular formula is C17H20FN5O3. The monoisotopic (exact) mass is 361 g/mol. The summed E-state index contributed by atoms with van der Waals surface area (Å²) in [5, 5.41) is 5.74. The number of nitrogens with one attached hydrogen (secondary N) is 2. The van der Waals surface area contributed by atoms with Crippen LogP contribution in [0.2, 0.25) is 0 Å². The second-order valence-electron chi connectivity index (χ2n) is 6.69. The van der Waals surface area contributed by atoms with Crippen molar-refractivity contribution >= 4 is 28.4 Å².